The molecule has 0 spiro atoms. The Balaban J connectivity index is 1.87. The number of nitrogens with zero attached hydrogens (tertiary/aromatic N) is 2. The lowest BCUT2D eigenvalue weighted by molar-refractivity contribution is -0.135. The fourth-order valence-electron chi connectivity index (χ4n) is 4.75. The second kappa shape index (κ2) is 9.90. The van der Waals surface area contributed by atoms with Gasteiger partial charge < -0.3 is 36.3 Å². The zero-order chi connectivity index (χ0) is 26.0. The maximum absolute atomic E-state index is 14.3. The van der Waals surface area contributed by atoms with Gasteiger partial charge in [0.2, 0.25) is 5.66 Å². The molecule has 0 fully saturated rings. The number of carbonyl (C=O) groups is 2. The number of carboxylic acids is 1. The number of nitrogen functional groups attached to an aromatic ring is 1. The third kappa shape index (κ3) is 4.24. The number of hydrogen-bond donors (Lipinski definition) is 5. The number of pyridine rings is 1. The summed E-state index contributed by atoms with van der Waals surface area (Å²) in [7, 11) is 0. The minimum absolute atomic E-state index is 0.0422. The molecular formula is C26H32N6O4. The average molecular weight is 493 g/mol. The molecular weight excluding hydrogens is 460 g/mol. The number of aromatic amines is 1. The van der Waals surface area contributed by atoms with E-state index < -0.39 is 17.2 Å². The van der Waals surface area contributed by atoms with Crippen LogP contribution in [0.2, 0.25) is 0 Å². The van der Waals surface area contributed by atoms with Crippen LogP contribution in [-0.4, -0.2) is 64.5 Å². The number of hydrogen-bond acceptors (Lipinski definition) is 7. The number of nitrogens with two attached hydrogens (primary N) is 1. The quantitative estimate of drug-likeness (QED) is 0.307. The van der Waals surface area contributed by atoms with Crippen LogP contribution in [-0.2, 0) is 10.5 Å². The molecule has 4 rings (SSSR count). The largest absolute Gasteiger partial charge is 0.478 e. The first-order valence-corrected chi connectivity index (χ1v) is 12.1. The van der Waals surface area contributed by atoms with Crippen LogP contribution in [0.25, 0.3) is 10.9 Å². The Hall–Kier alpha value is -4.05. The van der Waals surface area contributed by atoms with Crippen molar-refractivity contribution in [2.45, 2.75) is 26.4 Å². The van der Waals surface area contributed by atoms with Crippen molar-refractivity contribution in [3.8, 4) is 0 Å². The number of amides is 1. The molecule has 1 unspecified atom stereocenters. The topological polar surface area (TPSA) is 144 Å². The number of nitrogens with one attached hydrogen (secondary N) is 3. The summed E-state index contributed by atoms with van der Waals surface area (Å²) >= 11 is 0. The Morgan fingerprint density at radius 1 is 0.972 bits per heavy atom. The van der Waals surface area contributed by atoms with Gasteiger partial charge in [0.1, 0.15) is 0 Å². The number of rotatable bonds is 9. The highest BCUT2D eigenvalue weighted by Gasteiger charge is 2.50. The molecule has 3 aromatic rings. The van der Waals surface area contributed by atoms with Crippen LogP contribution < -0.4 is 21.9 Å². The summed E-state index contributed by atoms with van der Waals surface area (Å²) in [6, 6.07) is 11.6. The van der Waals surface area contributed by atoms with Crippen molar-refractivity contribution in [2.75, 3.05) is 49.1 Å². The summed E-state index contributed by atoms with van der Waals surface area (Å²) in [4.78, 5) is 46.0. The average Bonchev–Trinajstić information content (AvgIpc) is 3.26. The number of aromatic nitrogens is 1. The van der Waals surface area contributed by atoms with Crippen LogP contribution in [0.15, 0.2) is 47.3 Å². The van der Waals surface area contributed by atoms with Crippen LogP contribution in [0.4, 0.5) is 17.1 Å². The van der Waals surface area contributed by atoms with Gasteiger partial charge in [-0.25, -0.2) is 4.79 Å². The summed E-state index contributed by atoms with van der Waals surface area (Å²) in [5.41, 5.74) is 6.07. The van der Waals surface area contributed by atoms with E-state index in [1.54, 1.807) is 35.2 Å². The zero-order valence-electron chi connectivity index (χ0n) is 20.7. The molecule has 2 heterocycles. The third-order valence-corrected chi connectivity index (χ3v) is 6.82. The number of carboxylic acid groups (broad SMARTS) is 1. The summed E-state index contributed by atoms with van der Waals surface area (Å²) in [6.07, 6.45) is 0. The first-order chi connectivity index (χ1) is 17.2. The SMILES string of the molecule is CCN(CC)CCN(CC)C(=O)C1(c2c(N)c3ccccc3[nH]c2=O)Nc2ccc(C(=O)O)cc2N1. The van der Waals surface area contributed by atoms with E-state index in [-0.39, 0.29) is 22.7 Å². The Kier molecular flexibility index (Phi) is 6.89. The first-order valence-electron chi connectivity index (χ1n) is 12.1. The molecule has 0 saturated heterocycles. The van der Waals surface area contributed by atoms with E-state index in [1.165, 1.54) is 12.1 Å². The van der Waals surface area contributed by atoms with Gasteiger partial charge in [-0.15, -0.1) is 0 Å². The summed E-state index contributed by atoms with van der Waals surface area (Å²) in [6.45, 7) is 9.24. The highest BCUT2D eigenvalue weighted by atomic mass is 16.4. The van der Waals surface area contributed by atoms with Gasteiger partial charge in [0.25, 0.3) is 11.5 Å². The lowest BCUT2D eigenvalue weighted by Gasteiger charge is -2.36. The molecule has 1 atom stereocenters. The van der Waals surface area contributed by atoms with Gasteiger partial charge in [-0.05, 0) is 44.3 Å². The van der Waals surface area contributed by atoms with Crippen LogP contribution in [0.1, 0.15) is 36.7 Å². The number of fused-ring (bicyclic) bond motifs is 2. The van der Waals surface area contributed by atoms with Gasteiger partial charge >= 0.3 is 5.97 Å². The van der Waals surface area contributed by atoms with Gasteiger partial charge in [-0.2, -0.15) is 0 Å². The number of H-pyrrole nitrogens is 1. The molecule has 36 heavy (non-hydrogen) atoms. The van der Waals surface area contributed by atoms with Gasteiger partial charge in [0.15, 0.2) is 0 Å². The normalized spacial score (nSPS) is 16.4. The highest BCUT2D eigenvalue weighted by molar-refractivity contribution is 6.03. The summed E-state index contributed by atoms with van der Waals surface area (Å²) in [5.74, 6) is -1.47. The molecule has 0 bridgehead atoms. The van der Waals surface area contributed by atoms with Crippen molar-refractivity contribution in [3.63, 3.8) is 0 Å². The summed E-state index contributed by atoms with van der Waals surface area (Å²) in [5, 5.41) is 16.4. The minimum Gasteiger partial charge on any atom is -0.478 e. The fraction of sp³-hybridized carbons (Fsp3) is 0.346. The monoisotopic (exact) mass is 492 g/mol. The molecule has 0 radical (unpaired) electrons. The van der Waals surface area contributed by atoms with E-state index >= 15 is 0 Å². The van der Waals surface area contributed by atoms with Crippen LogP contribution in [0.5, 0.6) is 0 Å². The predicted octanol–water partition coefficient (Wildman–Crippen LogP) is 2.69. The lowest BCUT2D eigenvalue weighted by atomic mass is 9.95. The van der Waals surface area contributed by atoms with Crippen molar-refractivity contribution in [3.05, 3.63) is 63.9 Å². The summed E-state index contributed by atoms with van der Waals surface area (Å²) < 4.78 is 0. The standard InChI is InChI=1S/C26H32N6O4/c1-4-31(5-2)13-14-32(6-3)25(36)26(29-19-12-11-16(24(34)35)15-20(19)30-26)21-22(27)17-9-7-8-10-18(17)28-23(21)33/h7-12,15,29-30H,4-6,13-14H2,1-3H3,(H,34,35)(H3,27,28,33). The predicted molar refractivity (Wildman–Crippen MR) is 141 cm³/mol. The first kappa shape index (κ1) is 25.1. The number of likely N-dealkylation sites (N-methyl/N-ethyl adjacent to an activating group) is 2. The van der Waals surface area contributed by atoms with Gasteiger partial charge in [0, 0.05) is 25.0 Å². The van der Waals surface area contributed by atoms with Gasteiger partial charge in [0.05, 0.1) is 33.7 Å². The van der Waals surface area contributed by atoms with Gasteiger partial charge in [-0.3, -0.25) is 9.59 Å². The van der Waals surface area contributed by atoms with Crippen molar-refractivity contribution < 1.29 is 14.7 Å². The fourth-order valence-corrected chi connectivity index (χ4v) is 4.75. The Morgan fingerprint density at radius 2 is 1.67 bits per heavy atom. The molecule has 6 N–H and O–H groups in total. The number of aromatic carboxylic acids is 1. The molecule has 1 aliphatic heterocycles. The number of anilines is 3. The maximum Gasteiger partial charge on any atom is 0.335 e. The third-order valence-electron chi connectivity index (χ3n) is 6.82. The Bertz CT molecular complexity index is 1370. The number of benzene rings is 2. The Labute approximate surface area is 209 Å². The zero-order valence-corrected chi connectivity index (χ0v) is 20.7. The molecule has 10 heteroatoms. The number of para-hydroxylation sites is 1. The Morgan fingerprint density at radius 3 is 2.33 bits per heavy atom. The molecule has 10 nitrogen and oxygen atoms in total. The van der Waals surface area contributed by atoms with Gasteiger partial charge in [-0.1, -0.05) is 32.0 Å². The highest BCUT2D eigenvalue weighted by Crippen LogP contribution is 2.42. The molecule has 0 saturated carbocycles. The van der Waals surface area contributed by atoms with Crippen molar-refractivity contribution >= 4 is 39.8 Å². The molecule has 1 aromatic heterocycles. The second-order valence-electron chi connectivity index (χ2n) is 8.77. The van der Waals surface area contributed by atoms with E-state index in [1.807, 2.05) is 6.92 Å². The van der Waals surface area contributed by atoms with E-state index in [0.717, 1.165) is 13.1 Å². The maximum atomic E-state index is 14.3. The van der Waals surface area contributed by atoms with Crippen LogP contribution in [0, 0.1) is 0 Å². The molecule has 0 aliphatic carbocycles. The molecule has 190 valence electrons. The second-order valence-corrected chi connectivity index (χ2v) is 8.77. The van der Waals surface area contributed by atoms with E-state index in [0.29, 0.717) is 41.9 Å². The number of carbonyl (C=O) groups excluding carboxylic acids is 1. The molecule has 2 aromatic carbocycles. The van der Waals surface area contributed by atoms with Crippen LogP contribution in [0.3, 0.4) is 0 Å². The van der Waals surface area contributed by atoms with Crippen molar-refractivity contribution in [2.24, 2.45) is 0 Å². The smallest absolute Gasteiger partial charge is 0.335 e. The molecule has 1 amide bonds. The lowest BCUT2D eigenvalue weighted by Crippen LogP contribution is -2.57. The van der Waals surface area contributed by atoms with E-state index in [4.69, 9.17) is 5.73 Å². The van der Waals surface area contributed by atoms with Crippen molar-refractivity contribution in [1.82, 2.24) is 14.8 Å². The minimum atomic E-state index is -1.72. The van der Waals surface area contributed by atoms with Crippen molar-refractivity contribution in [1.29, 1.82) is 0 Å². The molecule has 1 aliphatic rings. The van der Waals surface area contributed by atoms with Crippen LogP contribution >= 0.6 is 0 Å². The van der Waals surface area contributed by atoms with E-state index in [9.17, 15) is 19.5 Å². The van der Waals surface area contributed by atoms with E-state index in [2.05, 4.69) is 34.4 Å².